The zero-order valence-corrected chi connectivity index (χ0v) is 15.9. The molecule has 0 saturated heterocycles. The van der Waals surface area contributed by atoms with Gasteiger partial charge in [-0.1, -0.05) is 12.1 Å². The Labute approximate surface area is 170 Å². The molecule has 0 aliphatic carbocycles. The molecule has 30 heavy (non-hydrogen) atoms. The average Bonchev–Trinajstić information content (AvgIpc) is 3.46. The van der Waals surface area contributed by atoms with Crippen LogP contribution in [0.25, 0.3) is 33.8 Å². The van der Waals surface area contributed by atoms with Crippen LogP contribution in [-0.2, 0) is 4.79 Å². The monoisotopic (exact) mass is 400 g/mol. The number of methoxy groups -OCH3 is 1. The van der Waals surface area contributed by atoms with E-state index >= 15 is 0 Å². The van der Waals surface area contributed by atoms with Gasteiger partial charge < -0.3 is 19.6 Å². The van der Waals surface area contributed by atoms with Gasteiger partial charge in [-0.05, 0) is 35.2 Å². The number of nitro groups is 1. The third kappa shape index (κ3) is 2.74. The standard InChI is InChI=1S/C22H16N4O4/c1-30-15-7-9-25(11-15)12-16-21-17(24-22(16)27)4-5-19(26(28)29)20(21)14-3-2-13-6-8-23-18(13)10-14/h2-12,23H,1H3,(H,24,27). The largest absolute Gasteiger partial charge is 0.495 e. The number of benzene rings is 2. The molecule has 8 heteroatoms. The summed E-state index contributed by atoms with van der Waals surface area (Å²) in [5, 5.41) is 15.7. The smallest absolute Gasteiger partial charge is 0.277 e. The van der Waals surface area contributed by atoms with Gasteiger partial charge in [0.25, 0.3) is 11.6 Å². The highest BCUT2D eigenvalue weighted by atomic mass is 16.6. The summed E-state index contributed by atoms with van der Waals surface area (Å²) in [4.78, 5) is 27.3. The molecule has 2 aromatic carbocycles. The molecule has 0 spiro atoms. The third-order valence-corrected chi connectivity index (χ3v) is 5.19. The predicted octanol–water partition coefficient (Wildman–Crippen LogP) is 4.50. The number of hydrogen-bond donors (Lipinski definition) is 2. The second-order valence-electron chi connectivity index (χ2n) is 6.91. The first-order valence-corrected chi connectivity index (χ1v) is 9.19. The van der Waals surface area contributed by atoms with Crippen molar-refractivity contribution in [3.05, 3.63) is 76.7 Å². The number of anilines is 1. The van der Waals surface area contributed by atoms with E-state index in [0.29, 0.717) is 33.7 Å². The molecule has 4 aromatic rings. The molecule has 5 rings (SSSR count). The minimum Gasteiger partial charge on any atom is -0.495 e. The highest BCUT2D eigenvalue weighted by Gasteiger charge is 2.32. The van der Waals surface area contributed by atoms with Gasteiger partial charge in [0.2, 0.25) is 0 Å². The van der Waals surface area contributed by atoms with Gasteiger partial charge in [0.1, 0.15) is 5.75 Å². The van der Waals surface area contributed by atoms with Gasteiger partial charge in [-0.25, -0.2) is 0 Å². The minimum atomic E-state index is -0.423. The number of hydrogen-bond acceptors (Lipinski definition) is 4. The highest BCUT2D eigenvalue weighted by molar-refractivity contribution is 6.36. The van der Waals surface area contributed by atoms with Crippen LogP contribution in [-0.4, -0.2) is 27.5 Å². The molecule has 0 bridgehead atoms. The first-order valence-electron chi connectivity index (χ1n) is 9.19. The van der Waals surface area contributed by atoms with Gasteiger partial charge in [-0.15, -0.1) is 0 Å². The van der Waals surface area contributed by atoms with Crippen molar-refractivity contribution in [2.75, 3.05) is 12.4 Å². The predicted molar refractivity (Wildman–Crippen MR) is 114 cm³/mol. The molecule has 0 saturated carbocycles. The van der Waals surface area contributed by atoms with Crippen LogP contribution in [0.5, 0.6) is 5.75 Å². The summed E-state index contributed by atoms with van der Waals surface area (Å²) in [5.74, 6) is 0.322. The Bertz CT molecular complexity index is 1360. The summed E-state index contributed by atoms with van der Waals surface area (Å²) in [7, 11) is 1.56. The van der Waals surface area contributed by atoms with Crippen molar-refractivity contribution < 1.29 is 14.5 Å². The molecule has 0 atom stereocenters. The number of fused-ring (bicyclic) bond motifs is 2. The van der Waals surface area contributed by atoms with Crippen molar-refractivity contribution in [1.82, 2.24) is 9.55 Å². The topological polar surface area (TPSA) is 102 Å². The summed E-state index contributed by atoms with van der Waals surface area (Å²) in [6.07, 6.45) is 6.93. The van der Waals surface area contributed by atoms with Gasteiger partial charge in [0.15, 0.2) is 0 Å². The molecule has 1 amide bonds. The lowest BCUT2D eigenvalue weighted by Gasteiger charge is -2.10. The van der Waals surface area contributed by atoms with E-state index in [0.717, 1.165) is 10.9 Å². The van der Waals surface area contributed by atoms with Crippen LogP contribution in [0.2, 0.25) is 0 Å². The summed E-state index contributed by atoms with van der Waals surface area (Å²) in [6.45, 7) is 0. The molecule has 148 valence electrons. The van der Waals surface area contributed by atoms with Crippen LogP contribution < -0.4 is 10.1 Å². The Balaban J connectivity index is 1.77. The van der Waals surface area contributed by atoms with Crippen molar-refractivity contribution in [1.29, 1.82) is 0 Å². The summed E-state index contributed by atoms with van der Waals surface area (Å²) in [5.41, 5.74) is 3.24. The molecule has 0 radical (unpaired) electrons. The number of nitro benzene ring substituents is 1. The van der Waals surface area contributed by atoms with Crippen LogP contribution in [0.1, 0.15) is 5.56 Å². The maximum absolute atomic E-state index is 12.7. The molecule has 8 nitrogen and oxygen atoms in total. The van der Waals surface area contributed by atoms with Gasteiger partial charge in [-0.3, -0.25) is 14.9 Å². The first-order chi connectivity index (χ1) is 14.5. The zero-order chi connectivity index (χ0) is 20.8. The molecule has 3 heterocycles. The minimum absolute atomic E-state index is 0.0628. The van der Waals surface area contributed by atoms with E-state index in [1.54, 1.807) is 42.4 Å². The van der Waals surface area contributed by atoms with Crippen LogP contribution >= 0.6 is 0 Å². The average molecular weight is 400 g/mol. The van der Waals surface area contributed by atoms with E-state index in [9.17, 15) is 14.9 Å². The van der Waals surface area contributed by atoms with Gasteiger partial charge in [-0.2, -0.15) is 0 Å². The maximum atomic E-state index is 12.7. The fourth-order valence-corrected chi connectivity index (χ4v) is 3.79. The number of amides is 1. The number of nitrogens with zero attached hydrogens (tertiary/aromatic N) is 2. The van der Waals surface area contributed by atoms with Gasteiger partial charge in [0, 0.05) is 35.7 Å². The van der Waals surface area contributed by atoms with E-state index in [4.69, 9.17) is 4.74 Å². The molecular formula is C22H16N4O4. The fraction of sp³-hybridized carbons (Fsp3) is 0.0455. The number of ether oxygens (including phenoxy) is 1. The lowest BCUT2D eigenvalue weighted by atomic mass is 9.93. The molecule has 2 N–H and O–H groups in total. The Kier molecular flexibility index (Phi) is 3.92. The van der Waals surface area contributed by atoms with Crippen molar-refractivity contribution >= 4 is 40.0 Å². The van der Waals surface area contributed by atoms with E-state index in [1.807, 2.05) is 30.5 Å². The number of aromatic nitrogens is 2. The number of nitrogens with one attached hydrogen (secondary N) is 2. The highest BCUT2D eigenvalue weighted by Crippen LogP contribution is 2.45. The van der Waals surface area contributed by atoms with Crippen LogP contribution in [0.3, 0.4) is 0 Å². The molecular weight excluding hydrogens is 384 g/mol. The SMILES string of the molecule is COc1ccn(C=C2C(=O)Nc3ccc([N+](=O)[O-])c(-c4ccc5cc[nH]c5c4)c32)c1. The van der Waals surface area contributed by atoms with Crippen LogP contribution in [0, 0.1) is 10.1 Å². The summed E-state index contributed by atoms with van der Waals surface area (Å²) in [6, 6.07) is 12.3. The zero-order valence-electron chi connectivity index (χ0n) is 15.9. The second kappa shape index (κ2) is 6.63. The third-order valence-electron chi connectivity index (χ3n) is 5.19. The number of H-pyrrole nitrogens is 1. The Hall–Kier alpha value is -4.33. The molecule has 0 unspecified atom stereocenters. The maximum Gasteiger partial charge on any atom is 0.277 e. The van der Waals surface area contributed by atoms with Gasteiger partial charge in [0.05, 0.1) is 35.1 Å². The summed E-state index contributed by atoms with van der Waals surface area (Å²) >= 11 is 0. The lowest BCUT2D eigenvalue weighted by molar-refractivity contribution is -0.384. The van der Waals surface area contributed by atoms with Crippen molar-refractivity contribution in [2.45, 2.75) is 0 Å². The molecule has 1 aliphatic rings. The van der Waals surface area contributed by atoms with Crippen molar-refractivity contribution in [3.63, 3.8) is 0 Å². The molecule has 0 fully saturated rings. The Morgan fingerprint density at radius 2 is 2.00 bits per heavy atom. The molecule has 2 aromatic heterocycles. The second-order valence-corrected chi connectivity index (χ2v) is 6.91. The normalized spacial score (nSPS) is 14.2. The number of carbonyl (C=O) groups is 1. The first kappa shape index (κ1) is 17.7. The summed E-state index contributed by atoms with van der Waals surface area (Å²) < 4.78 is 6.88. The van der Waals surface area contributed by atoms with Crippen LogP contribution in [0.15, 0.2) is 61.1 Å². The van der Waals surface area contributed by atoms with E-state index in [1.165, 1.54) is 6.07 Å². The quantitative estimate of drug-likeness (QED) is 0.299. The van der Waals surface area contributed by atoms with Crippen LogP contribution in [0.4, 0.5) is 11.4 Å². The number of carbonyl (C=O) groups excluding carboxylic acids is 1. The lowest BCUT2D eigenvalue weighted by Crippen LogP contribution is -2.04. The fourth-order valence-electron chi connectivity index (χ4n) is 3.79. The van der Waals surface area contributed by atoms with E-state index in [2.05, 4.69) is 10.3 Å². The van der Waals surface area contributed by atoms with E-state index < -0.39 is 4.92 Å². The van der Waals surface area contributed by atoms with Gasteiger partial charge >= 0.3 is 0 Å². The Morgan fingerprint density at radius 1 is 1.13 bits per heavy atom. The van der Waals surface area contributed by atoms with Crippen molar-refractivity contribution in [2.24, 2.45) is 0 Å². The number of rotatable bonds is 4. The molecule has 1 aliphatic heterocycles. The Morgan fingerprint density at radius 3 is 2.77 bits per heavy atom. The number of aromatic amines is 1. The van der Waals surface area contributed by atoms with Crippen molar-refractivity contribution in [3.8, 4) is 16.9 Å². The van der Waals surface area contributed by atoms with E-state index in [-0.39, 0.29) is 11.6 Å².